The van der Waals surface area contributed by atoms with Crippen molar-refractivity contribution in [1.82, 2.24) is 15.1 Å². The van der Waals surface area contributed by atoms with E-state index in [-0.39, 0.29) is 5.24 Å². The SMILES string of the molecule is O=C1NC(=S)/C(=C/c2cn(-c3ccccc3)nc2-c2ccc(Cl)cc2)S1. The minimum atomic E-state index is -0.162. The maximum Gasteiger partial charge on any atom is 0.289 e. The van der Waals surface area contributed by atoms with Crippen LogP contribution in [0.15, 0.2) is 65.7 Å². The van der Waals surface area contributed by atoms with Crippen molar-refractivity contribution in [2.24, 2.45) is 0 Å². The summed E-state index contributed by atoms with van der Waals surface area (Å²) in [5, 5.41) is 7.88. The smallest absolute Gasteiger partial charge is 0.289 e. The average Bonchev–Trinajstić information content (AvgIpc) is 3.20. The van der Waals surface area contributed by atoms with Crippen LogP contribution in [-0.2, 0) is 0 Å². The van der Waals surface area contributed by atoms with Gasteiger partial charge in [0.25, 0.3) is 5.24 Å². The van der Waals surface area contributed by atoms with Gasteiger partial charge in [0.15, 0.2) is 0 Å². The van der Waals surface area contributed by atoms with Crippen LogP contribution < -0.4 is 5.32 Å². The van der Waals surface area contributed by atoms with E-state index in [0.29, 0.717) is 14.9 Å². The van der Waals surface area contributed by atoms with Crippen molar-refractivity contribution in [3.05, 3.63) is 76.3 Å². The van der Waals surface area contributed by atoms with Crippen LogP contribution >= 0.6 is 35.6 Å². The first-order valence-corrected chi connectivity index (χ1v) is 9.36. The molecule has 0 bridgehead atoms. The lowest BCUT2D eigenvalue weighted by Gasteiger charge is -2.01. The van der Waals surface area contributed by atoms with E-state index in [1.807, 2.05) is 71.6 Å². The summed E-state index contributed by atoms with van der Waals surface area (Å²) in [4.78, 5) is 12.7. The molecule has 1 aliphatic rings. The van der Waals surface area contributed by atoms with Crippen molar-refractivity contribution < 1.29 is 4.79 Å². The van der Waals surface area contributed by atoms with Crippen LogP contribution in [0.4, 0.5) is 4.79 Å². The molecule has 1 amide bonds. The number of carbonyl (C=O) groups is 1. The minimum Gasteiger partial charge on any atom is -0.307 e. The predicted molar refractivity (Wildman–Crippen MR) is 111 cm³/mol. The molecule has 0 saturated carbocycles. The topological polar surface area (TPSA) is 46.9 Å². The van der Waals surface area contributed by atoms with Gasteiger partial charge >= 0.3 is 0 Å². The summed E-state index contributed by atoms with van der Waals surface area (Å²) >= 11 is 12.3. The van der Waals surface area contributed by atoms with Crippen molar-refractivity contribution in [2.75, 3.05) is 0 Å². The highest BCUT2D eigenvalue weighted by Crippen LogP contribution is 2.31. The molecule has 0 atom stereocenters. The molecule has 1 saturated heterocycles. The van der Waals surface area contributed by atoms with Gasteiger partial charge in [0.2, 0.25) is 0 Å². The van der Waals surface area contributed by atoms with Gasteiger partial charge in [-0.05, 0) is 42.1 Å². The lowest BCUT2D eigenvalue weighted by Crippen LogP contribution is -2.15. The number of nitrogens with zero attached hydrogens (tertiary/aromatic N) is 2. The molecule has 7 heteroatoms. The molecule has 1 fully saturated rings. The number of hydrogen-bond donors (Lipinski definition) is 1. The van der Waals surface area contributed by atoms with Crippen LogP contribution in [0.1, 0.15) is 5.56 Å². The Kier molecular flexibility index (Phi) is 4.63. The third kappa shape index (κ3) is 3.44. The third-order valence-electron chi connectivity index (χ3n) is 3.81. The molecule has 0 radical (unpaired) electrons. The number of rotatable bonds is 3. The zero-order valence-electron chi connectivity index (χ0n) is 13.3. The number of carbonyl (C=O) groups excluding carboxylic acids is 1. The van der Waals surface area contributed by atoms with Gasteiger partial charge in [-0.25, -0.2) is 4.68 Å². The van der Waals surface area contributed by atoms with Crippen LogP contribution in [0.5, 0.6) is 0 Å². The van der Waals surface area contributed by atoms with Crippen LogP contribution in [0.2, 0.25) is 5.02 Å². The number of nitrogens with one attached hydrogen (secondary N) is 1. The minimum absolute atomic E-state index is 0.162. The zero-order chi connectivity index (χ0) is 18.1. The normalized spacial score (nSPS) is 15.5. The standard InChI is InChI=1S/C19H12ClN3OS2/c20-14-8-6-12(7-9-14)17-13(10-16-18(25)21-19(24)26-16)11-23(22-17)15-4-2-1-3-5-15/h1-11H,(H,21,24,25)/b16-10-. The quantitative estimate of drug-likeness (QED) is 0.480. The van der Waals surface area contributed by atoms with E-state index in [9.17, 15) is 4.79 Å². The largest absolute Gasteiger partial charge is 0.307 e. The molecule has 26 heavy (non-hydrogen) atoms. The monoisotopic (exact) mass is 397 g/mol. The molecule has 0 spiro atoms. The van der Waals surface area contributed by atoms with E-state index < -0.39 is 0 Å². The number of para-hydroxylation sites is 1. The van der Waals surface area contributed by atoms with Gasteiger partial charge in [-0.2, -0.15) is 5.10 Å². The van der Waals surface area contributed by atoms with Gasteiger partial charge < -0.3 is 5.32 Å². The summed E-state index contributed by atoms with van der Waals surface area (Å²) in [7, 11) is 0. The molecular weight excluding hydrogens is 386 g/mol. The number of hydrogen-bond acceptors (Lipinski definition) is 4. The summed E-state index contributed by atoms with van der Waals surface area (Å²) in [5.74, 6) is 0. The van der Waals surface area contributed by atoms with Gasteiger partial charge in [-0.3, -0.25) is 4.79 Å². The lowest BCUT2D eigenvalue weighted by atomic mass is 10.1. The first-order valence-electron chi connectivity index (χ1n) is 7.76. The van der Waals surface area contributed by atoms with Crippen molar-refractivity contribution in [2.45, 2.75) is 0 Å². The highest BCUT2D eigenvalue weighted by molar-refractivity contribution is 8.19. The molecule has 1 aliphatic heterocycles. The molecule has 4 nitrogen and oxygen atoms in total. The van der Waals surface area contributed by atoms with Crippen LogP contribution in [0.25, 0.3) is 23.0 Å². The second-order valence-corrected chi connectivity index (χ2v) is 7.43. The van der Waals surface area contributed by atoms with E-state index in [0.717, 1.165) is 34.3 Å². The number of halogens is 1. The van der Waals surface area contributed by atoms with Crippen molar-refractivity contribution in [1.29, 1.82) is 0 Å². The molecule has 0 unspecified atom stereocenters. The Bertz CT molecular complexity index is 1030. The Balaban J connectivity index is 1.84. The van der Waals surface area contributed by atoms with Crippen LogP contribution in [0.3, 0.4) is 0 Å². The van der Waals surface area contributed by atoms with E-state index >= 15 is 0 Å². The number of aromatic nitrogens is 2. The van der Waals surface area contributed by atoms with E-state index in [2.05, 4.69) is 5.32 Å². The lowest BCUT2D eigenvalue weighted by molar-refractivity contribution is 0.265. The van der Waals surface area contributed by atoms with Gasteiger partial charge in [-0.1, -0.05) is 54.2 Å². The Morgan fingerprint density at radius 3 is 2.50 bits per heavy atom. The fourth-order valence-electron chi connectivity index (χ4n) is 2.60. The average molecular weight is 398 g/mol. The van der Waals surface area contributed by atoms with E-state index in [1.165, 1.54) is 0 Å². The summed E-state index contributed by atoms with van der Waals surface area (Å²) in [6, 6.07) is 17.3. The Hall–Kier alpha value is -2.41. The van der Waals surface area contributed by atoms with E-state index in [1.54, 1.807) is 0 Å². The second kappa shape index (κ2) is 7.07. The summed E-state index contributed by atoms with van der Waals surface area (Å²) in [5.41, 5.74) is 3.55. The zero-order valence-corrected chi connectivity index (χ0v) is 15.7. The predicted octanol–water partition coefficient (Wildman–Crippen LogP) is 5.32. The Morgan fingerprint density at radius 2 is 1.85 bits per heavy atom. The molecule has 2 aromatic carbocycles. The highest BCUT2D eigenvalue weighted by atomic mass is 35.5. The molecule has 0 aliphatic carbocycles. The maximum absolute atomic E-state index is 11.6. The Labute approximate surface area is 164 Å². The molecule has 4 rings (SSSR count). The van der Waals surface area contributed by atoms with Crippen LogP contribution in [0, 0.1) is 0 Å². The molecule has 1 N–H and O–H groups in total. The van der Waals surface area contributed by atoms with Crippen LogP contribution in [-0.4, -0.2) is 20.0 Å². The Morgan fingerprint density at radius 1 is 1.12 bits per heavy atom. The first kappa shape index (κ1) is 17.0. The molecule has 128 valence electrons. The fraction of sp³-hybridized carbons (Fsp3) is 0. The van der Waals surface area contributed by atoms with Crippen molar-refractivity contribution >= 4 is 51.9 Å². The third-order valence-corrected chi connectivity index (χ3v) is 5.34. The maximum atomic E-state index is 11.6. The van der Waals surface area contributed by atoms with Gasteiger partial charge in [-0.15, -0.1) is 0 Å². The number of thiocarbonyl (C=S) groups is 1. The van der Waals surface area contributed by atoms with Crippen molar-refractivity contribution in [3.8, 4) is 16.9 Å². The molecular formula is C19H12ClN3OS2. The number of thioether (sulfide) groups is 1. The van der Waals surface area contributed by atoms with Gasteiger partial charge in [0, 0.05) is 22.3 Å². The second-order valence-electron chi connectivity index (χ2n) is 5.57. The van der Waals surface area contributed by atoms with E-state index in [4.69, 9.17) is 28.9 Å². The molecule has 1 aromatic heterocycles. The number of benzene rings is 2. The summed E-state index contributed by atoms with van der Waals surface area (Å²) in [6.07, 6.45) is 3.82. The van der Waals surface area contributed by atoms with Crippen molar-refractivity contribution in [3.63, 3.8) is 0 Å². The summed E-state index contributed by atoms with van der Waals surface area (Å²) < 4.78 is 1.81. The van der Waals surface area contributed by atoms with Gasteiger partial charge in [0.05, 0.1) is 16.3 Å². The molecule has 2 heterocycles. The molecule has 3 aromatic rings. The number of amides is 1. The fourth-order valence-corrected chi connectivity index (χ4v) is 3.75. The highest BCUT2D eigenvalue weighted by Gasteiger charge is 2.22. The van der Waals surface area contributed by atoms with Gasteiger partial charge in [0.1, 0.15) is 4.99 Å². The summed E-state index contributed by atoms with van der Waals surface area (Å²) in [6.45, 7) is 0. The first-order chi connectivity index (χ1) is 12.6.